The minimum Gasteiger partial charge on any atom is -0.336 e. The van der Waals surface area contributed by atoms with Crippen LogP contribution < -0.4 is 0 Å². The van der Waals surface area contributed by atoms with Crippen LogP contribution in [0.5, 0.6) is 0 Å². The first-order valence-electron chi connectivity index (χ1n) is 7.03. The third-order valence-corrected chi connectivity index (χ3v) is 4.86. The van der Waals surface area contributed by atoms with E-state index in [4.69, 9.17) is 0 Å². The maximum atomic E-state index is 12.5. The first kappa shape index (κ1) is 10.6. The second-order valence-electron chi connectivity index (χ2n) is 6.27. The Balaban J connectivity index is 1.62. The Morgan fingerprint density at radius 3 is 2.67 bits per heavy atom. The Bertz CT molecular complexity index is 519. The van der Waals surface area contributed by atoms with Gasteiger partial charge in [-0.25, -0.2) is 0 Å². The fourth-order valence-electron chi connectivity index (χ4n) is 3.49. The Hall–Kier alpha value is -1.32. The van der Waals surface area contributed by atoms with Crippen LogP contribution in [-0.2, 0) is 19.9 Å². The molecule has 0 bridgehead atoms. The van der Waals surface area contributed by atoms with E-state index in [1.807, 2.05) is 16.6 Å². The molecule has 0 N–H and O–H groups in total. The largest absolute Gasteiger partial charge is 0.336 e. The topological polar surface area (TPSA) is 38.1 Å². The van der Waals surface area contributed by atoms with Crippen molar-refractivity contribution < 1.29 is 4.79 Å². The number of nitrogens with zero attached hydrogens (tertiary/aromatic N) is 3. The number of hydrogen-bond acceptors (Lipinski definition) is 2. The van der Waals surface area contributed by atoms with Crippen LogP contribution in [0.4, 0.5) is 0 Å². The van der Waals surface area contributed by atoms with E-state index in [9.17, 15) is 4.79 Å². The number of carbonyl (C=O) groups is 1. The van der Waals surface area contributed by atoms with Crippen molar-refractivity contribution in [2.45, 2.75) is 38.5 Å². The molecule has 18 heavy (non-hydrogen) atoms. The van der Waals surface area contributed by atoms with Crippen molar-refractivity contribution in [1.29, 1.82) is 0 Å². The lowest BCUT2D eigenvalue weighted by Crippen LogP contribution is -2.51. The lowest BCUT2D eigenvalue weighted by molar-refractivity contribution is 0.0435. The van der Waals surface area contributed by atoms with E-state index >= 15 is 0 Å². The molecule has 3 aliphatic rings. The Morgan fingerprint density at radius 2 is 1.94 bits per heavy atom. The molecule has 2 aliphatic carbocycles. The van der Waals surface area contributed by atoms with Crippen molar-refractivity contribution >= 4 is 5.91 Å². The van der Waals surface area contributed by atoms with Gasteiger partial charge in [0.05, 0.1) is 0 Å². The van der Waals surface area contributed by atoms with E-state index in [2.05, 4.69) is 5.10 Å². The smallest absolute Gasteiger partial charge is 0.274 e. The lowest BCUT2D eigenvalue weighted by atomic mass is 9.93. The second kappa shape index (κ2) is 3.37. The number of rotatable bonds is 1. The molecule has 1 saturated heterocycles. The van der Waals surface area contributed by atoms with E-state index in [0.717, 1.165) is 31.6 Å². The van der Waals surface area contributed by atoms with Crippen LogP contribution in [0.2, 0.25) is 0 Å². The maximum Gasteiger partial charge on any atom is 0.274 e. The minimum absolute atomic E-state index is 0.172. The summed E-state index contributed by atoms with van der Waals surface area (Å²) in [5.41, 5.74) is 3.78. The van der Waals surface area contributed by atoms with E-state index in [0.29, 0.717) is 5.41 Å². The molecule has 0 aromatic carbocycles. The summed E-state index contributed by atoms with van der Waals surface area (Å²) in [4.78, 5) is 14.5. The fraction of sp³-hybridized carbons (Fsp3) is 0.714. The Kier molecular flexibility index (Phi) is 1.98. The standard InChI is InChI=1S/C14H19N3O/c1-16-11-5-3-2-4-10(11)12(15-16)13(18)17-8-14(9-17)6-7-14/h2-9H2,1H3. The molecule has 1 aromatic rings. The predicted octanol–water partition coefficient (Wildman–Crippen LogP) is 1.53. The average molecular weight is 245 g/mol. The number of amides is 1. The average Bonchev–Trinajstić information content (AvgIpc) is 3.07. The first-order chi connectivity index (χ1) is 8.69. The highest BCUT2D eigenvalue weighted by Gasteiger charge is 2.54. The van der Waals surface area contributed by atoms with Gasteiger partial charge in [0.1, 0.15) is 0 Å². The number of carbonyl (C=O) groups excluding carboxylic acids is 1. The summed E-state index contributed by atoms with van der Waals surface area (Å²) in [7, 11) is 1.97. The molecule has 2 fully saturated rings. The number of likely N-dealkylation sites (tertiary alicyclic amines) is 1. The normalized spacial score (nSPS) is 23.7. The molecule has 0 unspecified atom stereocenters. The highest BCUT2D eigenvalue weighted by Crippen LogP contribution is 2.53. The van der Waals surface area contributed by atoms with Crippen LogP contribution in [0.15, 0.2) is 0 Å². The maximum absolute atomic E-state index is 12.5. The van der Waals surface area contributed by atoms with Gasteiger partial charge in [-0.15, -0.1) is 0 Å². The van der Waals surface area contributed by atoms with Crippen molar-refractivity contribution in [3.05, 3.63) is 17.0 Å². The quantitative estimate of drug-likeness (QED) is 0.752. The van der Waals surface area contributed by atoms with Crippen molar-refractivity contribution in [2.75, 3.05) is 13.1 Å². The van der Waals surface area contributed by atoms with Gasteiger partial charge in [-0.3, -0.25) is 9.48 Å². The summed E-state index contributed by atoms with van der Waals surface area (Å²) >= 11 is 0. The van der Waals surface area contributed by atoms with Crippen molar-refractivity contribution in [2.24, 2.45) is 12.5 Å². The van der Waals surface area contributed by atoms with Crippen LogP contribution in [0.1, 0.15) is 47.4 Å². The summed E-state index contributed by atoms with van der Waals surface area (Å²) in [6.07, 6.45) is 7.17. The molecule has 1 aromatic heterocycles. The predicted molar refractivity (Wildman–Crippen MR) is 67.4 cm³/mol. The molecular weight excluding hydrogens is 226 g/mol. The molecule has 96 valence electrons. The molecule has 0 radical (unpaired) electrons. The summed E-state index contributed by atoms with van der Waals surface area (Å²) in [5, 5.41) is 4.49. The monoisotopic (exact) mass is 245 g/mol. The zero-order valence-electron chi connectivity index (χ0n) is 10.9. The molecule has 4 rings (SSSR count). The molecular formula is C14H19N3O. The number of hydrogen-bond donors (Lipinski definition) is 0. The van der Waals surface area contributed by atoms with Gasteiger partial charge in [-0.2, -0.15) is 5.10 Å². The lowest BCUT2D eigenvalue weighted by Gasteiger charge is -2.39. The molecule has 4 heteroatoms. The second-order valence-corrected chi connectivity index (χ2v) is 6.27. The van der Waals surface area contributed by atoms with Crippen LogP contribution in [-0.4, -0.2) is 33.7 Å². The van der Waals surface area contributed by atoms with Crippen molar-refractivity contribution in [1.82, 2.24) is 14.7 Å². The van der Waals surface area contributed by atoms with E-state index in [1.54, 1.807) is 0 Å². The number of aromatic nitrogens is 2. The molecule has 0 atom stereocenters. The highest BCUT2D eigenvalue weighted by atomic mass is 16.2. The molecule has 1 aliphatic heterocycles. The molecule has 4 nitrogen and oxygen atoms in total. The van der Waals surface area contributed by atoms with Gasteiger partial charge in [0.2, 0.25) is 0 Å². The third-order valence-electron chi connectivity index (χ3n) is 4.86. The summed E-state index contributed by atoms with van der Waals surface area (Å²) in [6, 6.07) is 0. The van der Waals surface area contributed by atoms with Gasteiger partial charge in [-0.05, 0) is 38.5 Å². The van der Waals surface area contributed by atoms with Crippen LogP contribution >= 0.6 is 0 Å². The summed E-state index contributed by atoms with van der Waals surface area (Å²) < 4.78 is 1.93. The van der Waals surface area contributed by atoms with Crippen molar-refractivity contribution in [3.8, 4) is 0 Å². The summed E-state index contributed by atoms with van der Waals surface area (Å²) in [6.45, 7) is 1.94. The van der Waals surface area contributed by atoms with Gasteiger partial charge in [-0.1, -0.05) is 0 Å². The zero-order valence-corrected chi connectivity index (χ0v) is 10.9. The molecule has 2 heterocycles. The van der Waals surface area contributed by atoms with Gasteiger partial charge in [0.15, 0.2) is 5.69 Å². The summed E-state index contributed by atoms with van der Waals surface area (Å²) in [5.74, 6) is 0.172. The van der Waals surface area contributed by atoms with E-state index in [1.165, 1.54) is 36.9 Å². The Labute approximate surface area is 107 Å². The molecule has 1 amide bonds. The van der Waals surface area contributed by atoms with Crippen LogP contribution in [0.25, 0.3) is 0 Å². The van der Waals surface area contributed by atoms with Crippen LogP contribution in [0.3, 0.4) is 0 Å². The van der Waals surface area contributed by atoms with Crippen LogP contribution in [0, 0.1) is 5.41 Å². The van der Waals surface area contributed by atoms with Gasteiger partial charge in [0.25, 0.3) is 5.91 Å². The minimum atomic E-state index is 0.172. The van der Waals surface area contributed by atoms with Gasteiger partial charge in [0, 0.05) is 36.8 Å². The molecule has 1 saturated carbocycles. The third kappa shape index (κ3) is 1.38. The van der Waals surface area contributed by atoms with E-state index < -0.39 is 0 Å². The number of aryl methyl sites for hydroxylation is 1. The number of fused-ring (bicyclic) bond motifs is 1. The van der Waals surface area contributed by atoms with Gasteiger partial charge >= 0.3 is 0 Å². The highest BCUT2D eigenvalue weighted by molar-refractivity contribution is 5.94. The van der Waals surface area contributed by atoms with E-state index in [-0.39, 0.29) is 5.91 Å². The van der Waals surface area contributed by atoms with Gasteiger partial charge < -0.3 is 4.90 Å². The first-order valence-corrected chi connectivity index (χ1v) is 7.03. The van der Waals surface area contributed by atoms with Crippen molar-refractivity contribution in [3.63, 3.8) is 0 Å². The SMILES string of the molecule is Cn1nc(C(=O)N2CC3(CC3)C2)c2c1CCCC2. The fourth-order valence-corrected chi connectivity index (χ4v) is 3.49. The molecule has 1 spiro atoms. The Morgan fingerprint density at radius 1 is 1.22 bits per heavy atom. The zero-order chi connectivity index (χ0) is 12.3.